The molecule has 0 unspecified atom stereocenters. The van der Waals surface area contributed by atoms with E-state index in [9.17, 15) is 9.59 Å². The molecule has 0 bridgehead atoms. The monoisotopic (exact) mass is 428 g/mol. The first-order valence-corrected chi connectivity index (χ1v) is 10.2. The van der Waals surface area contributed by atoms with E-state index in [1.54, 1.807) is 23.1 Å². The summed E-state index contributed by atoms with van der Waals surface area (Å²) < 4.78 is 10.2. The first-order chi connectivity index (χ1) is 14.6. The van der Waals surface area contributed by atoms with Gasteiger partial charge in [0.1, 0.15) is 6.26 Å². The van der Waals surface area contributed by atoms with Gasteiger partial charge in [-0.05, 0) is 43.2 Å². The third-order valence-corrected chi connectivity index (χ3v) is 5.30. The highest BCUT2D eigenvalue weighted by Gasteiger charge is 2.25. The Balaban J connectivity index is 1.21. The number of nitrogens with one attached hydrogen (secondary N) is 1. The first-order valence-electron chi connectivity index (χ1n) is 9.78. The van der Waals surface area contributed by atoms with E-state index in [-0.39, 0.29) is 24.3 Å². The van der Waals surface area contributed by atoms with Gasteiger partial charge in [0.25, 0.3) is 5.91 Å². The molecule has 0 aliphatic carbocycles. The summed E-state index contributed by atoms with van der Waals surface area (Å²) in [5, 5.41) is 7.61. The van der Waals surface area contributed by atoms with E-state index < -0.39 is 0 Å². The molecule has 0 saturated carbocycles. The molecule has 4 rings (SSSR count). The molecule has 156 valence electrons. The lowest BCUT2D eigenvalue weighted by molar-refractivity contribution is -0.122. The van der Waals surface area contributed by atoms with Crippen molar-refractivity contribution in [2.75, 3.05) is 13.1 Å². The highest BCUT2D eigenvalue weighted by Crippen LogP contribution is 2.19. The Hall–Kier alpha value is -3.13. The summed E-state index contributed by atoms with van der Waals surface area (Å²) in [6.45, 7) is 1.20. The van der Waals surface area contributed by atoms with Gasteiger partial charge in [0.05, 0.1) is 11.8 Å². The van der Waals surface area contributed by atoms with Gasteiger partial charge in [-0.3, -0.25) is 9.59 Å². The summed E-state index contributed by atoms with van der Waals surface area (Å²) in [6, 6.07) is 8.86. The molecule has 2 aromatic heterocycles. The minimum Gasteiger partial charge on any atom is -0.472 e. The predicted molar refractivity (Wildman–Crippen MR) is 109 cm³/mol. The van der Waals surface area contributed by atoms with E-state index in [1.807, 2.05) is 12.1 Å². The molecule has 1 aliphatic rings. The largest absolute Gasteiger partial charge is 0.472 e. The number of nitrogens with zero attached hydrogens (tertiary/aromatic N) is 3. The molecule has 3 aromatic rings. The van der Waals surface area contributed by atoms with Crippen LogP contribution in [0.5, 0.6) is 0 Å². The summed E-state index contributed by atoms with van der Waals surface area (Å²) in [6.07, 6.45) is 5.00. The normalized spacial score (nSPS) is 14.6. The number of furan rings is 1. The third-order valence-electron chi connectivity index (χ3n) is 5.05. The number of carbonyl (C=O) groups excluding carboxylic acids is 2. The van der Waals surface area contributed by atoms with Crippen molar-refractivity contribution in [1.82, 2.24) is 20.4 Å². The lowest BCUT2D eigenvalue weighted by Gasteiger charge is -2.32. The number of halogens is 1. The number of piperidine rings is 1. The molecule has 9 heteroatoms. The van der Waals surface area contributed by atoms with Crippen LogP contribution in [0.2, 0.25) is 5.02 Å². The summed E-state index contributed by atoms with van der Waals surface area (Å²) >= 11 is 5.88. The third kappa shape index (κ3) is 4.88. The fourth-order valence-corrected chi connectivity index (χ4v) is 3.51. The molecule has 1 N–H and O–H groups in total. The Bertz CT molecular complexity index is 992. The first kappa shape index (κ1) is 20.2. The summed E-state index contributed by atoms with van der Waals surface area (Å²) in [5.41, 5.74) is 1.35. The van der Waals surface area contributed by atoms with Crippen molar-refractivity contribution in [2.24, 2.45) is 0 Å². The maximum absolute atomic E-state index is 12.3. The number of carbonyl (C=O) groups is 2. The average Bonchev–Trinajstić information content (AvgIpc) is 3.45. The second-order valence-electron chi connectivity index (χ2n) is 7.16. The molecule has 30 heavy (non-hydrogen) atoms. The fraction of sp³-hybridized carbons (Fsp3) is 0.333. The van der Waals surface area contributed by atoms with Crippen LogP contribution in [0.4, 0.5) is 0 Å². The van der Waals surface area contributed by atoms with Crippen LogP contribution in [0.1, 0.15) is 35.5 Å². The SMILES string of the molecule is O=C(CCc1nc(-c2ccc(Cl)cc2)no1)NC1CCN(C(=O)c2ccoc2)CC1. The van der Waals surface area contributed by atoms with Gasteiger partial charge >= 0.3 is 0 Å². The van der Waals surface area contributed by atoms with Crippen LogP contribution in [0, 0.1) is 0 Å². The molecule has 2 amide bonds. The number of aryl methyl sites for hydroxylation is 1. The maximum atomic E-state index is 12.3. The van der Waals surface area contributed by atoms with Gasteiger partial charge in [-0.1, -0.05) is 16.8 Å². The van der Waals surface area contributed by atoms with Crippen molar-refractivity contribution >= 4 is 23.4 Å². The topological polar surface area (TPSA) is 101 Å². The van der Waals surface area contributed by atoms with Crippen LogP contribution in [0.25, 0.3) is 11.4 Å². The fourth-order valence-electron chi connectivity index (χ4n) is 3.39. The van der Waals surface area contributed by atoms with Crippen LogP contribution < -0.4 is 5.32 Å². The molecule has 1 aliphatic heterocycles. The molecule has 1 aromatic carbocycles. The smallest absolute Gasteiger partial charge is 0.257 e. The van der Waals surface area contributed by atoms with Gasteiger partial charge in [-0.15, -0.1) is 0 Å². The van der Waals surface area contributed by atoms with E-state index in [0.717, 1.165) is 18.4 Å². The zero-order valence-corrected chi connectivity index (χ0v) is 17.0. The molecule has 0 atom stereocenters. The molecular formula is C21H21ClN4O4. The lowest BCUT2D eigenvalue weighted by Crippen LogP contribution is -2.46. The van der Waals surface area contributed by atoms with Crippen molar-refractivity contribution in [3.05, 3.63) is 59.3 Å². The Morgan fingerprint density at radius 3 is 2.63 bits per heavy atom. The van der Waals surface area contributed by atoms with Gasteiger partial charge in [0.2, 0.25) is 17.6 Å². The standard InChI is InChI=1S/C21H21ClN4O4/c22-16-3-1-14(2-4-16)20-24-19(30-25-20)6-5-18(27)23-17-7-10-26(11-8-17)21(28)15-9-12-29-13-15/h1-4,9,12-13,17H,5-8,10-11H2,(H,23,27). The maximum Gasteiger partial charge on any atom is 0.257 e. The van der Waals surface area contributed by atoms with Crippen molar-refractivity contribution < 1.29 is 18.5 Å². The summed E-state index contributed by atoms with van der Waals surface area (Å²) in [5.74, 6) is 0.773. The lowest BCUT2D eigenvalue weighted by atomic mass is 10.0. The summed E-state index contributed by atoms with van der Waals surface area (Å²) in [4.78, 5) is 30.7. The number of amides is 2. The van der Waals surface area contributed by atoms with Crippen LogP contribution in [-0.4, -0.2) is 46.0 Å². The van der Waals surface area contributed by atoms with Gasteiger partial charge in [0, 0.05) is 42.6 Å². The van der Waals surface area contributed by atoms with Gasteiger partial charge < -0.3 is 19.2 Å². The number of rotatable bonds is 6. The van der Waals surface area contributed by atoms with E-state index in [0.29, 0.717) is 41.8 Å². The Morgan fingerprint density at radius 2 is 1.93 bits per heavy atom. The number of hydrogen-bond acceptors (Lipinski definition) is 6. The second kappa shape index (κ2) is 9.13. The zero-order chi connectivity index (χ0) is 20.9. The number of hydrogen-bond donors (Lipinski definition) is 1. The molecule has 0 spiro atoms. The van der Waals surface area contributed by atoms with Crippen LogP contribution >= 0.6 is 11.6 Å². The van der Waals surface area contributed by atoms with Crippen molar-refractivity contribution in [3.8, 4) is 11.4 Å². The van der Waals surface area contributed by atoms with E-state index >= 15 is 0 Å². The summed E-state index contributed by atoms with van der Waals surface area (Å²) in [7, 11) is 0. The highest BCUT2D eigenvalue weighted by molar-refractivity contribution is 6.30. The molecule has 1 saturated heterocycles. The molecular weight excluding hydrogens is 408 g/mol. The van der Waals surface area contributed by atoms with Gasteiger partial charge in [0.15, 0.2) is 0 Å². The average molecular weight is 429 g/mol. The molecule has 3 heterocycles. The molecule has 1 fully saturated rings. The van der Waals surface area contributed by atoms with Crippen molar-refractivity contribution in [1.29, 1.82) is 0 Å². The van der Waals surface area contributed by atoms with Crippen LogP contribution in [0.15, 0.2) is 51.8 Å². The second-order valence-corrected chi connectivity index (χ2v) is 7.60. The van der Waals surface area contributed by atoms with Crippen LogP contribution in [0.3, 0.4) is 0 Å². The molecule has 8 nitrogen and oxygen atoms in total. The van der Waals surface area contributed by atoms with Gasteiger partial charge in [-0.25, -0.2) is 0 Å². The van der Waals surface area contributed by atoms with Crippen LogP contribution in [-0.2, 0) is 11.2 Å². The van der Waals surface area contributed by atoms with E-state index in [2.05, 4.69) is 15.5 Å². The Kier molecular flexibility index (Phi) is 6.13. The quantitative estimate of drug-likeness (QED) is 0.646. The number of aromatic nitrogens is 2. The number of likely N-dealkylation sites (tertiary alicyclic amines) is 1. The Labute approximate surface area is 178 Å². The van der Waals surface area contributed by atoms with E-state index in [4.69, 9.17) is 20.5 Å². The van der Waals surface area contributed by atoms with Crippen molar-refractivity contribution in [3.63, 3.8) is 0 Å². The minimum atomic E-state index is -0.0687. The van der Waals surface area contributed by atoms with Crippen molar-refractivity contribution in [2.45, 2.75) is 31.7 Å². The Morgan fingerprint density at radius 1 is 1.17 bits per heavy atom. The minimum absolute atomic E-state index is 0.0404. The molecule has 0 radical (unpaired) electrons. The zero-order valence-electron chi connectivity index (χ0n) is 16.2. The van der Waals surface area contributed by atoms with E-state index in [1.165, 1.54) is 12.5 Å². The van der Waals surface area contributed by atoms with Gasteiger partial charge in [-0.2, -0.15) is 4.98 Å². The highest BCUT2D eigenvalue weighted by atomic mass is 35.5. The number of benzene rings is 1. The predicted octanol–water partition coefficient (Wildman–Crippen LogP) is 3.34.